The van der Waals surface area contributed by atoms with Gasteiger partial charge >= 0.3 is 5.69 Å². The summed E-state index contributed by atoms with van der Waals surface area (Å²) in [7, 11) is 0. The largest absolute Gasteiger partial charge is 0.350 e. The molecule has 8 heteroatoms. The zero-order valence-corrected chi connectivity index (χ0v) is 8.92. The summed E-state index contributed by atoms with van der Waals surface area (Å²) >= 11 is 5.65. The zero-order chi connectivity index (χ0) is 11.7. The van der Waals surface area contributed by atoms with Crippen LogP contribution < -0.4 is 0 Å². The Morgan fingerprint density at radius 3 is 2.81 bits per heavy atom. The van der Waals surface area contributed by atoms with Gasteiger partial charge in [-0.3, -0.25) is 10.1 Å². The van der Waals surface area contributed by atoms with Crippen molar-refractivity contribution in [2.45, 2.75) is 6.92 Å². The molecule has 0 aliphatic rings. The van der Waals surface area contributed by atoms with Gasteiger partial charge in [0, 0.05) is 6.20 Å². The number of nitrogens with zero attached hydrogens (tertiary/aromatic N) is 5. The first kappa shape index (κ1) is 10.5. The third-order valence-electron chi connectivity index (χ3n) is 1.87. The molecule has 0 aromatic carbocycles. The molecule has 7 nitrogen and oxygen atoms in total. The molecular weight excluding hydrogens is 234 g/mol. The first-order valence-corrected chi connectivity index (χ1v) is 4.64. The molecule has 0 unspecified atom stereocenters. The predicted molar refractivity (Wildman–Crippen MR) is 55.6 cm³/mol. The molecule has 0 saturated heterocycles. The molecule has 0 radical (unpaired) electrons. The Bertz CT molecular complexity index is 553. The van der Waals surface area contributed by atoms with Crippen molar-refractivity contribution in [1.82, 2.24) is 19.7 Å². The van der Waals surface area contributed by atoms with Crippen molar-refractivity contribution in [2.75, 3.05) is 0 Å². The van der Waals surface area contributed by atoms with E-state index in [4.69, 9.17) is 11.6 Å². The molecule has 0 aliphatic carbocycles. The summed E-state index contributed by atoms with van der Waals surface area (Å²) in [6.07, 6.45) is 4.34. The molecule has 0 spiro atoms. The zero-order valence-electron chi connectivity index (χ0n) is 8.16. The Hall–Kier alpha value is -2.02. The van der Waals surface area contributed by atoms with Crippen LogP contribution in [-0.2, 0) is 0 Å². The van der Waals surface area contributed by atoms with E-state index in [1.165, 1.54) is 4.68 Å². The van der Waals surface area contributed by atoms with Gasteiger partial charge in [-0.15, -0.1) is 0 Å². The van der Waals surface area contributed by atoms with Crippen molar-refractivity contribution < 1.29 is 4.92 Å². The van der Waals surface area contributed by atoms with E-state index in [1.54, 1.807) is 12.4 Å². The highest BCUT2D eigenvalue weighted by Gasteiger charge is 2.23. The fraction of sp³-hybridized carbons (Fsp3) is 0.125. The monoisotopic (exact) mass is 239 g/mol. The average Bonchev–Trinajstić information content (AvgIpc) is 2.63. The van der Waals surface area contributed by atoms with E-state index in [1.807, 2.05) is 6.92 Å². The van der Waals surface area contributed by atoms with Crippen molar-refractivity contribution in [1.29, 1.82) is 0 Å². The molecule has 2 aromatic heterocycles. The normalized spacial score (nSPS) is 10.4. The lowest BCUT2D eigenvalue weighted by molar-refractivity contribution is -0.385. The van der Waals surface area contributed by atoms with Crippen LogP contribution in [-0.4, -0.2) is 24.7 Å². The van der Waals surface area contributed by atoms with E-state index < -0.39 is 4.92 Å². The second-order valence-electron chi connectivity index (χ2n) is 3.06. The van der Waals surface area contributed by atoms with Crippen LogP contribution >= 0.6 is 11.6 Å². The summed E-state index contributed by atoms with van der Waals surface area (Å²) in [5.74, 6) is 0.0538. The van der Waals surface area contributed by atoms with E-state index in [0.717, 1.165) is 11.9 Å². The van der Waals surface area contributed by atoms with Crippen LogP contribution in [0.3, 0.4) is 0 Å². The molecule has 0 N–H and O–H groups in total. The lowest BCUT2D eigenvalue weighted by Crippen LogP contribution is -2.04. The van der Waals surface area contributed by atoms with Gasteiger partial charge < -0.3 is 0 Å². The minimum absolute atomic E-state index is 0.0538. The van der Waals surface area contributed by atoms with Gasteiger partial charge in [0.1, 0.15) is 6.33 Å². The van der Waals surface area contributed by atoms with E-state index in [2.05, 4.69) is 15.1 Å². The van der Waals surface area contributed by atoms with Crippen LogP contribution in [0.2, 0.25) is 5.15 Å². The van der Waals surface area contributed by atoms with Gasteiger partial charge in [0.05, 0.1) is 11.1 Å². The lowest BCUT2D eigenvalue weighted by atomic mass is 10.4. The van der Waals surface area contributed by atoms with Gasteiger partial charge in [0.15, 0.2) is 0 Å². The van der Waals surface area contributed by atoms with Crippen molar-refractivity contribution in [3.8, 4) is 5.82 Å². The Labute approximate surface area is 94.9 Å². The van der Waals surface area contributed by atoms with Crippen molar-refractivity contribution in [3.05, 3.63) is 39.6 Å². The van der Waals surface area contributed by atoms with Crippen LogP contribution in [0.5, 0.6) is 0 Å². The number of hydrogen-bond donors (Lipinski definition) is 0. The van der Waals surface area contributed by atoms with Crippen LogP contribution in [0.25, 0.3) is 5.82 Å². The quantitative estimate of drug-likeness (QED) is 0.451. The number of nitro groups is 1. The van der Waals surface area contributed by atoms with Crippen molar-refractivity contribution in [3.63, 3.8) is 0 Å². The fourth-order valence-corrected chi connectivity index (χ4v) is 1.40. The number of hydrogen-bond acceptors (Lipinski definition) is 5. The number of rotatable bonds is 2. The van der Waals surface area contributed by atoms with Gasteiger partial charge in [-0.25, -0.2) is 14.6 Å². The molecule has 0 fully saturated rings. The maximum absolute atomic E-state index is 10.8. The van der Waals surface area contributed by atoms with Gasteiger partial charge in [-0.05, 0) is 12.5 Å². The summed E-state index contributed by atoms with van der Waals surface area (Å²) in [5, 5.41) is 14.6. The van der Waals surface area contributed by atoms with Gasteiger partial charge in [0.2, 0.25) is 11.0 Å². The maximum Gasteiger partial charge on any atom is 0.350 e. The van der Waals surface area contributed by atoms with Gasteiger partial charge in [0.25, 0.3) is 0 Å². The standard InChI is InChI=1S/C8H6ClN5O2/c1-5-2-12-13(3-5)8-6(14(15)16)7(9)10-4-11-8/h2-4H,1H3. The number of aromatic nitrogens is 4. The summed E-state index contributed by atoms with van der Waals surface area (Å²) in [6, 6.07) is 0. The van der Waals surface area contributed by atoms with Crippen LogP contribution in [0.4, 0.5) is 5.69 Å². The smallest absolute Gasteiger partial charge is 0.258 e. The summed E-state index contributed by atoms with van der Waals surface area (Å²) in [5.41, 5.74) is 0.510. The maximum atomic E-state index is 10.8. The highest BCUT2D eigenvalue weighted by molar-refractivity contribution is 6.31. The van der Waals surface area contributed by atoms with E-state index in [9.17, 15) is 10.1 Å². The second-order valence-corrected chi connectivity index (χ2v) is 3.41. The third kappa shape index (κ3) is 1.72. The minimum Gasteiger partial charge on any atom is -0.258 e. The Balaban J connectivity index is 2.65. The topological polar surface area (TPSA) is 86.7 Å². The van der Waals surface area contributed by atoms with Gasteiger partial charge in [-0.1, -0.05) is 11.6 Å². The number of halogens is 1. The fourth-order valence-electron chi connectivity index (χ4n) is 1.20. The first-order valence-electron chi connectivity index (χ1n) is 4.26. The highest BCUT2D eigenvalue weighted by atomic mass is 35.5. The van der Waals surface area contributed by atoms with E-state index in [-0.39, 0.29) is 16.7 Å². The molecular formula is C8H6ClN5O2. The molecule has 0 amide bonds. The van der Waals surface area contributed by atoms with Crippen LogP contribution in [0.1, 0.15) is 5.56 Å². The molecule has 0 aliphatic heterocycles. The Morgan fingerprint density at radius 1 is 1.50 bits per heavy atom. The van der Waals surface area contributed by atoms with Crippen LogP contribution in [0, 0.1) is 17.0 Å². The molecule has 2 aromatic rings. The Kier molecular flexibility index (Phi) is 2.53. The third-order valence-corrected chi connectivity index (χ3v) is 2.15. The van der Waals surface area contributed by atoms with Crippen molar-refractivity contribution in [2.24, 2.45) is 0 Å². The first-order chi connectivity index (χ1) is 7.59. The second kappa shape index (κ2) is 3.86. The SMILES string of the molecule is Cc1cnn(-c2ncnc(Cl)c2[N+](=O)[O-])c1. The summed E-state index contributed by atoms with van der Waals surface area (Å²) < 4.78 is 1.29. The molecule has 82 valence electrons. The molecule has 0 saturated carbocycles. The highest BCUT2D eigenvalue weighted by Crippen LogP contribution is 2.26. The predicted octanol–water partition coefficient (Wildman–Crippen LogP) is 1.53. The molecule has 16 heavy (non-hydrogen) atoms. The molecule has 2 heterocycles. The molecule has 0 atom stereocenters. The minimum atomic E-state index is -0.630. The van der Waals surface area contributed by atoms with E-state index in [0.29, 0.717) is 0 Å². The lowest BCUT2D eigenvalue weighted by Gasteiger charge is -2.01. The summed E-state index contributed by atoms with van der Waals surface area (Å²) in [4.78, 5) is 17.6. The molecule has 0 bridgehead atoms. The number of aryl methyl sites for hydroxylation is 1. The van der Waals surface area contributed by atoms with Gasteiger partial charge in [-0.2, -0.15) is 5.10 Å². The average molecular weight is 240 g/mol. The van der Waals surface area contributed by atoms with Crippen LogP contribution in [0.15, 0.2) is 18.7 Å². The summed E-state index contributed by atoms with van der Waals surface area (Å²) in [6.45, 7) is 1.82. The van der Waals surface area contributed by atoms with E-state index >= 15 is 0 Å². The van der Waals surface area contributed by atoms with Crippen molar-refractivity contribution >= 4 is 17.3 Å². The molecule has 2 rings (SSSR count). The Morgan fingerprint density at radius 2 is 2.25 bits per heavy atom.